The van der Waals surface area contributed by atoms with Crippen molar-refractivity contribution in [1.82, 2.24) is 18.9 Å². The van der Waals surface area contributed by atoms with E-state index >= 15 is 0 Å². The van der Waals surface area contributed by atoms with Gasteiger partial charge in [0.25, 0.3) is 0 Å². The summed E-state index contributed by atoms with van der Waals surface area (Å²) >= 11 is 0. The van der Waals surface area contributed by atoms with Crippen LogP contribution in [0.1, 0.15) is 0 Å². The maximum absolute atomic E-state index is 5.26. The molecule has 4 nitrogen and oxygen atoms in total. The van der Waals surface area contributed by atoms with E-state index in [1.165, 1.54) is 81.4 Å². The molecule has 0 atom stereocenters. The van der Waals surface area contributed by atoms with E-state index in [2.05, 4.69) is 191 Å². The number of benzene rings is 9. The van der Waals surface area contributed by atoms with Crippen molar-refractivity contribution in [3.05, 3.63) is 182 Å². The van der Waals surface area contributed by atoms with Gasteiger partial charge in [-0.3, -0.25) is 0 Å². The molecular weight excluding hydrogens is 681 g/mol. The van der Waals surface area contributed by atoms with Crippen molar-refractivity contribution in [2.24, 2.45) is 0 Å². The van der Waals surface area contributed by atoms with Crippen molar-refractivity contribution < 1.29 is 0 Å². The van der Waals surface area contributed by atoms with E-state index in [4.69, 9.17) is 9.97 Å². The van der Waals surface area contributed by atoms with Crippen molar-refractivity contribution in [1.29, 1.82) is 0 Å². The molecule has 0 aliphatic carbocycles. The normalized spacial score (nSPS) is 12.3. The summed E-state index contributed by atoms with van der Waals surface area (Å²) in [5.41, 5.74) is 11.2. The second-order valence-corrected chi connectivity index (χ2v) is 15.0. The average Bonchev–Trinajstić information content (AvgIpc) is 3.91. The minimum atomic E-state index is 0.714. The van der Waals surface area contributed by atoms with Gasteiger partial charge >= 0.3 is 0 Å². The lowest BCUT2D eigenvalue weighted by molar-refractivity contribution is 1.18. The summed E-state index contributed by atoms with van der Waals surface area (Å²) in [6.45, 7) is 0. The Balaban J connectivity index is 1.08. The number of rotatable bonds is 3. The highest BCUT2D eigenvalue weighted by molar-refractivity contribution is 6.37. The highest BCUT2D eigenvalue weighted by Gasteiger charge is 2.25. The summed E-state index contributed by atoms with van der Waals surface area (Å²) in [5, 5.41) is 13.6. The van der Waals surface area contributed by atoms with E-state index in [-0.39, 0.29) is 0 Å². The highest BCUT2D eigenvalue weighted by Crippen LogP contribution is 2.48. The Labute approximate surface area is 320 Å². The van der Waals surface area contributed by atoms with E-state index in [1.54, 1.807) is 0 Å². The Morgan fingerprint density at radius 2 is 0.982 bits per heavy atom. The zero-order valence-electron chi connectivity index (χ0n) is 30.1. The summed E-state index contributed by atoms with van der Waals surface area (Å²) in [6, 6.07) is 65.8. The summed E-state index contributed by atoms with van der Waals surface area (Å²) < 4.78 is 4.97. The predicted octanol–water partition coefficient (Wildman–Crippen LogP) is 13.5. The van der Waals surface area contributed by atoms with Crippen molar-refractivity contribution in [2.75, 3.05) is 0 Å². The number of hydrogen-bond acceptors (Lipinski definition) is 2. The molecule has 13 aromatic rings. The molecule has 0 N–H and O–H groups in total. The molecule has 0 saturated heterocycles. The maximum Gasteiger partial charge on any atom is 0.160 e. The van der Waals surface area contributed by atoms with Crippen LogP contribution in [0.4, 0.5) is 0 Å². The minimum absolute atomic E-state index is 0.714. The van der Waals surface area contributed by atoms with Gasteiger partial charge in [-0.1, -0.05) is 121 Å². The van der Waals surface area contributed by atoms with Gasteiger partial charge in [0.2, 0.25) is 0 Å². The first-order chi connectivity index (χ1) is 27.8. The fourth-order valence-corrected chi connectivity index (χ4v) is 9.56. The highest BCUT2D eigenvalue weighted by atomic mass is 15.0. The molecule has 258 valence electrons. The largest absolute Gasteiger partial charge is 0.309 e. The first-order valence-electron chi connectivity index (χ1n) is 19.2. The van der Waals surface area contributed by atoms with Crippen LogP contribution < -0.4 is 0 Å². The third-order valence-electron chi connectivity index (χ3n) is 12.0. The number of aromatic nitrogens is 4. The van der Waals surface area contributed by atoms with Crippen molar-refractivity contribution >= 4 is 92.3 Å². The number of hydrogen-bond donors (Lipinski definition) is 0. The summed E-state index contributed by atoms with van der Waals surface area (Å²) in [7, 11) is 0. The molecule has 0 bridgehead atoms. The average molecular weight is 711 g/mol. The van der Waals surface area contributed by atoms with Gasteiger partial charge in [-0.05, 0) is 82.2 Å². The van der Waals surface area contributed by atoms with E-state index in [9.17, 15) is 0 Å². The summed E-state index contributed by atoms with van der Waals surface area (Å²) in [4.78, 5) is 10.4. The van der Waals surface area contributed by atoms with Crippen LogP contribution in [-0.2, 0) is 0 Å². The van der Waals surface area contributed by atoms with E-state index in [0.717, 1.165) is 33.4 Å². The molecule has 0 radical (unpaired) electrons. The maximum atomic E-state index is 5.26. The quantitative estimate of drug-likeness (QED) is 0.183. The molecule has 0 amide bonds. The molecule has 0 saturated carbocycles. The molecule has 9 aromatic carbocycles. The van der Waals surface area contributed by atoms with Gasteiger partial charge in [0, 0.05) is 54.5 Å². The van der Waals surface area contributed by atoms with Crippen LogP contribution in [0.15, 0.2) is 182 Å². The Morgan fingerprint density at radius 3 is 1.82 bits per heavy atom. The number of para-hydroxylation sites is 3. The van der Waals surface area contributed by atoms with Crippen LogP contribution in [0.25, 0.3) is 121 Å². The third-order valence-corrected chi connectivity index (χ3v) is 12.0. The lowest BCUT2D eigenvalue weighted by atomic mass is 9.99. The Morgan fingerprint density at radius 1 is 0.357 bits per heavy atom. The molecule has 0 unspecified atom stereocenters. The van der Waals surface area contributed by atoms with Crippen LogP contribution in [0, 0.1) is 0 Å². The lowest BCUT2D eigenvalue weighted by Gasteiger charge is -2.12. The first-order valence-corrected chi connectivity index (χ1v) is 19.2. The summed E-state index contributed by atoms with van der Waals surface area (Å²) in [5.74, 6) is 0.714. The van der Waals surface area contributed by atoms with Gasteiger partial charge in [-0.2, -0.15) is 0 Å². The minimum Gasteiger partial charge on any atom is -0.309 e. The topological polar surface area (TPSA) is 35.1 Å². The van der Waals surface area contributed by atoms with Gasteiger partial charge < -0.3 is 8.97 Å². The Bertz CT molecular complexity index is 3760. The molecular formula is C52H30N4. The van der Waals surface area contributed by atoms with Crippen molar-refractivity contribution in [2.45, 2.75) is 0 Å². The molecule has 0 aliphatic rings. The monoisotopic (exact) mass is 710 g/mol. The van der Waals surface area contributed by atoms with Crippen molar-refractivity contribution in [3.8, 4) is 28.3 Å². The van der Waals surface area contributed by atoms with Gasteiger partial charge in [0.1, 0.15) is 0 Å². The van der Waals surface area contributed by atoms with Crippen LogP contribution in [-0.4, -0.2) is 18.9 Å². The second kappa shape index (κ2) is 11.0. The van der Waals surface area contributed by atoms with Crippen molar-refractivity contribution in [3.63, 3.8) is 0 Å². The summed E-state index contributed by atoms with van der Waals surface area (Å²) in [6.07, 6.45) is 0. The fraction of sp³-hybridized carbons (Fsp3) is 0. The zero-order valence-corrected chi connectivity index (χ0v) is 30.1. The van der Waals surface area contributed by atoms with Gasteiger partial charge in [-0.25, -0.2) is 9.97 Å². The first kappa shape index (κ1) is 29.8. The number of fused-ring (bicyclic) bond motifs is 14. The fourth-order valence-electron chi connectivity index (χ4n) is 9.56. The van der Waals surface area contributed by atoms with Crippen LogP contribution in [0.3, 0.4) is 0 Å². The number of nitrogens with zero attached hydrogens (tertiary/aromatic N) is 4. The second-order valence-electron chi connectivity index (χ2n) is 15.0. The van der Waals surface area contributed by atoms with Crippen LogP contribution in [0.2, 0.25) is 0 Å². The smallest absolute Gasteiger partial charge is 0.160 e. The molecule has 4 aromatic heterocycles. The van der Waals surface area contributed by atoms with Gasteiger partial charge in [0.15, 0.2) is 5.82 Å². The molecule has 0 spiro atoms. The Hall–Kier alpha value is -7.56. The van der Waals surface area contributed by atoms with E-state index in [0.29, 0.717) is 5.82 Å². The van der Waals surface area contributed by atoms with E-state index < -0.39 is 0 Å². The molecule has 56 heavy (non-hydrogen) atoms. The molecule has 4 heterocycles. The van der Waals surface area contributed by atoms with E-state index in [1.807, 2.05) is 0 Å². The molecule has 0 fully saturated rings. The molecule has 4 heteroatoms. The van der Waals surface area contributed by atoms with Crippen LogP contribution in [0.5, 0.6) is 0 Å². The SMILES string of the molecule is c1ccc2cc(-c3nc(-c4ccc(-n5c6ccccc6c6cc7c8ccccc8n8c9ccc%10ccccc%10c9c(c65)c78)cc4)nc4ccccc34)ccc2c1. The predicted molar refractivity (Wildman–Crippen MR) is 234 cm³/mol. The lowest BCUT2D eigenvalue weighted by Crippen LogP contribution is -1.97. The molecule has 0 aliphatic heterocycles. The third kappa shape index (κ3) is 3.97. The zero-order chi connectivity index (χ0) is 36.5. The Kier molecular flexibility index (Phi) is 5.86. The van der Waals surface area contributed by atoms with Gasteiger partial charge in [0.05, 0.1) is 38.8 Å². The molecule has 13 rings (SSSR count). The standard InChI is InChI=1S/C52H30N4/c1-2-13-34-29-35(22-21-31(34)11-1)49-40-17-5-8-18-43(40)53-52(54-49)33-23-26-36(27-24-33)55-44-19-9-6-15-38(44)41-30-42-39-16-7-10-20-45(39)56-46-28-25-32-12-3-4-14-37(32)47(46)48(50(41)55)51(42)56/h1-30H. The van der Waals surface area contributed by atoms with Crippen LogP contribution >= 0.6 is 0 Å². The van der Waals surface area contributed by atoms with Gasteiger partial charge in [-0.15, -0.1) is 0 Å².